The van der Waals surface area contributed by atoms with Crippen molar-refractivity contribution in [1.29, 1.82) is 0 Å². The number of H-pyrrole nitrogens is 1. The van der Waals surface area contributed by atoms with Crippen LogP contribution < -0.4 is 10.6 Å². The van der Waals surface area contributed by atoms with E-state index >= 15 is 0 Å². The van der Waals surface area contributed by atoms with Gasteiger partial charge in [-0.05, 0) is 117 Å². The number of nitrogens with one attached hydrogen (secondary N) is 3. The molecule has 2 aromatic carbocycles. The number of unbranched alkanes of at least 4 members (excludes halogenated alkanes) is 3. The molecule has 0 radical (unpaired) electrons. The van der Waals surface area contributed by atoms with Crippen molar-refractivity contribution >= 4 is 28.5 Å². The number of halogens is 1. The number of carbonyl (C=O) groups excluding carboxylic acids is 3. The second kappa shape index (κ2) is 19.2. The number of carbonyl (C=O) groups is 3. The number of rotatable bonds is 15. The molecular formula is C45H62FN3O4. The predicted octanol–water partition coefficient (Wildman–Crippen LogP) is 9.99. The van der Waals surface area contributed by atoms with Crippen molar-refractivity contribution in [2.45, 2.75) is 142 Å². The largest absolute Gasteiger partial charge is 0.378 e. The zero-order valence-corrected chi connectivity index (χ0v) is 32.2. The summed E-state index contributed by atoms with van der Waals surface area (Å²) in [6, 6.07) is 10.8. The van der Waals surface area contributed by atoms with Crippen LogP contribution in [0.4, 0.5) is 4.39 Å². The molecule has 3 aromatic rings. The van der Waals surface area contributed by atoms with E-state index in [9.17, 15) is 18.8 Å². The van der Waals surface area contributed by atoms with Crippen LogP contribution in [-0.2, 0) is 27.3 Å². The highest BCUT2D eigenvalue weighted by molar-refractivity contribution is 6.10. The summed E-state index contributed by atoms with van der Waals surface area (Å²) in [5.41, 5.74) is 4.91. The highest BCUT2D eigenvalue weighted by Crippen LogP contribution is 2.39. The van der Waals surface area contributed by atoms with Gasteiger partial charge in [-0.2, -0.15) is 0 Å². The fourth-order valence-electron chi connectivity index (χ4n) is 9.58. The fraction of sp³-hybridized carbons (Fsp3) is 0.622. The third kappa shape index (κ3) is 10.6. The highest BCUT2D eigenvalue weighted by atomic mass is 19.1. The van der Waals surface area contributed by atoms with Crippen molar-refractivity contribution in [3.05, 3.63) is 58.9 Å². The molecule has 7 nitrogen and oxygen atoms in total. The van der Waals surface area contributed by atoms with Crippen molar-refractivity contribution in [3.63, 3.8) is 0 Å². The Kier molecular flexibility index (Phi) is 14.2. The summed E-state index contributed by atoms with van der Waals surface area (Å²) in [4.78, 5) is 40.5. The highest BCUT2D eigenvalue weighted by Gasteiger charge is 2.30. The van der Waals surface area contributed by atoms with Crippen molar-refractivity contribution in [3.8, 4) is 11.3 Å². The molecule has 6 rings (SSSR count). The standard InChI is InChI=1S/C45H62FN3O4/c1-3-33-11-9-13-37(21-15-30(2)38(33)22-18-31-10-8-12-36(50)26-31)53-25-7-5-4-6-14-42(51)48-29-32-16-19-34(20-17-32)44-39-23-24-47-45(52)40-27-35(46)28-41(49-44)43(39)40/h16-17,19-20,27-28,30-31,33,37-38,49H,3-15,18,21-26,29H2,1-2H3,(H,47,52)(H,48,51)/t30-,31-,33-,37+,38-/m0/s1. The first-order valence-electron chi connectivity index (χ1n) is 20.9. The molecule has 2 aliphatic carbocycles. The van der Waals surface area contributed by atoms with Gasteiger partial charge in [0.05, 0.1) is 11.7 Å². The molecule has 2 fully saturated rings. The molecule has 5 atom stereocenters. The van der Waals surface area contributed by atoms with Gasteiger partial charge in [-0.15, -0.1) is 0 Å². The van der Waals surface area contributed by atoms with Gasteiger partial charge < -0.3 is 20.4 Å². The van der Waals surface area contributed by atoms with Gasteiger partial charge in [0, 0.05) is 55.6 Å². The van der Waals surface area contributed by atoms with Crippen LogP contribution in [0.2, 0.25) is 0 Å². The third-order valence-corrected chi connectivity index (χ3v) is 12.7. The van der Waals surface area contributed by atoms with Gasteiger partial charge in [0.1, 0.15) is 11.6 Å². The van der Waals surface area contributed by atoms with E-state index < -0.39 is 5.82 Å². The lowest BCUT2D eigenvalue weighted by molar-refractivity contribution is -0.122. The number of hydrogen-bond acceptors (Lipinski definition) is 4. The molecule has 1 aromatic heterocycles. The van der Waals surface area contributed by atoms with Crippen LogP contribution in [0.1, 0.15) is 144 Å². The molecule has 0 saturated heterocycles. The van der Waals surface area contributed by atoms with Gasteiger partial charge >= 0.3 is 0 Å². The number of ether oxygens (including phenoxy) is 1. The molecule has 1 aliphatic heterocycles. The molecule has 8 heteroatoms. The molecule has 0 bridgehead atoms. The summed E-state index contributed by atoms with van der Waals surface area (Å²) >= 11 is 0. The molecule has 3 N–H and O–H groups in total. The summed E-state index contributed by atoms with van der Waals surface area (Å²) in [5, 5.41) is 6.73. The van der Waals surface area contributed by atoms with Crippen LogP contribution in [0.25, 0.3) is 22.2 Å². The minimum Gasteiger partial charge on any atom is -0.378 e. The first-order valence-corrected chi connectivity index (χ1v) is 20.9. The Morgan fingerprint density at radius 1 is 0.943 bits per heavy atom. The molecule has 0 unspecified atom stereocenters. The Labute approximate surface area is 316 Å². The van der Waals surface area contributed by atoms with Crippen LogP contribution in [0.3, 0.4) is 0 Å². The monoisotopic (exact) mass is 727 g/mol. The Morgan fingerprint density at radius 3 is 2.58 bits per heavy atom. The average Bonchev–Trinajstić information content (AvgIpc) is 3.46. The van der Waals surface area contributed by atoms with Crippen molar-refractivity contribution in [2.75, 3.05) is 13.2 Å². The number of amides is 2. The van der Waals surface area contributed by atoms with E-state index in [0.29, 0.717) is 60.7 Å². The fourth-order valence-corrected chi connectivity index (χ4v) is 9.58. The first kappa shape index (κ1) is 39.2. The molecule has 2 amide bonds. The van der Waals surface area contributed by atoms with Crippen LogP contribution in [0, 0.1) is 29.5 Å². The van der Waals surface area contributed by atoms with Crippen molar-refractivity contribution in [2.24, 2.45) is 23.7 Å². The Hall–Kier alpha value is -3.52. The van der Waals surface area contributed by atoms with E-state index in [0.717, 1.165) is 97.6 Å². The minimum atomic E-state index is -0.435. The lowest BCUT2D eigenvalue weighted by atomic mass is 9.73. The molecule has 288 valence electrons. The maximum absolute atomic E-state index is 14.3. The Morgan fingerprint density at radius 2 is 1.77 bits per heavy atom. The molecule has 3 aliphatic rings. The van der Waals surface area contributed by atoms with Gasteiger partial charge in [0.25, 0.3) is 5.91 Å². The summed E-state index contributed by atoms with van der Waals surface area (Å²) in [7, 11) is 0. The third-order valence-electron chi connectivity index (χ3n) is 12.7. The Bertz CT molecular complexity index is 1680. The van der Waals surface area contributed by atoms with Crippen LogP contribution in [0.5, 0.6) is 0 Å². The van der Waals surface area contributed by atoms with Gasteiger partial charge in [-0.3, -0.25) is 14.4 Å². The quantitative estimate of drug-likeness (QED) is 0.136. The molecule has 2 saturated carbocycles. The topological polar surface area (TPSA) is 100 Å². The summed E-state index contributed by atoms with van der Waals surface area (Å²) in [5.74, 6) is 2.78. The van der Waals surface area contributed by atoms with E-state index in [2.05, 4.69) is 29.5 Å². The lowest BCUT2D eigenvalue weighted by Crippen LogP contribution is -2.24. The van der Waals surface area contributed by atoms with E-state index in [1.54, 1.807) is 0 Å². The van der Waals surface area contributed by atoms with Crippen LogP contribution in [0.15, 0.2) is 36.4 Å². The van der Waals surface area contributed by atoms with Crippen LogP contribution in [-0.4, -0.2) is 41.8 Å². The lowest BCUT2D eigenvalue weighted by Gasteiger charge is -2.33. The maximum atomic E-state index is 14.3. The van der Waals surface area contributed by atoms with E-state index in [1.807, 2.05) is 24.3 Å². The summed E-state index contributed by atoms with van der Waals surface area (Å²) in [6.07, 6.45) is 19.5. The number of benzene rings is 2. The minimum absolute atomic E-state index is 0.0731. The number of hydrogen-bond donors (Lipinski definition) is 3. The van der Waals surface area contributed by atoms with E-state index in [-0.39, 0.29) is 11.8 Å². The number of aromatic nitrogens is 1. The molecule has 0 spiro atoms. The first-order chi connectivity index (χ1) is 25.8. The number of aromatic amines is 1. The predicted molar refractivity (Wildman–Crippen MR) is 210 cm³/mol. The normalized spacial score (nSPS) is 23.9. The zero-order chi connectivity index (χ0) is 37.2. The van der Waals surface area contributed by atoms with E-state index in [4.69, 9.17) is 4.74 Å². The van der Waals surface area contributed by atoms with Crippen molar-refractivity contribution in [1.82, 2.24) is 15.6 Å². The van der Waals surface area contributed by atoms with Gasteiger partial charge in [-0.1, -0.05) is 70.2 Å². The maximum Gasteiger partial charge on any atom is 0.252 e. The second-order valence-electron chi connectivity index (χ2n) is 16.4. The smallest absolute Gasteiger partial charge is 0.252 e. The van der Waals surface area contributed by atoms with E-state index in [1.165, 1.54) is 63.5 Å². The number of ketones is 1. The molecule has 53 heavy (non-hydrogen) atoms. The van der Waals surface area contributed by atoms with Gasteiger partial charge in [0.2, 0.25) is 5.91 Å². The van der Waals surface area contributed by atoms with Crippen LogP contribution >= 0.6 is 0 Å². The summed E-state index contributed by atoms with van der Waals surface area (Å²) in [6.45, 7) is 6.63. The molecule has 2 heterocycles. The summed E-state index contributed by atoms with van der Waals surface area (Å²) < 4.78 is 20.7. The zero-order valence-electron chi connectivity index (χ0n) is 32.2. The SMILES string of the molecule is CC[C@H]1CCC[C@@H](OCCCCCCC(=O)NCc2ccc(-c3[nH]c4cc(F)cc5c4c3CCNC5=O)cc2)CC[C@H](C)[C@@H]1CC[C@@H]1CCCC(=O)C1. The Balaban J connectivity index is 0.864. The number of Topliss-reactive ketones (excluding diaryl/α,β-unsaturated/α-hetero) is 1. The van der Waals surface area contributed by atoms with Crippen molar-refractivity contribution < 1.29 is 23.5 Å². The van der Waals surface area contributed by atoms with Gasteiger partial charge in [-0.25, -0.2) is 4.39 Å². The second-order valence-corrected chi connectivity index (χ2v) is 16.4. The van der Waals surface area contributed by atoms with Gasteiger partial charge in [0.15, 0.2) is 0 Å². The average molecular weight is 728 g/mol. The molecular weight excluding hydrogens is 666 g/mol.